The summed E-state index contributed by atoms with van der Waals surface area (Å²) in [7, 11) is 0. The van der Waals surface area contributed by atoms with Gasteiger partial charge in [0.05, 0.1) is 18.3 Å². The van der Waals surface area contributed by atoms with Crippen molar-refractivity contribution in [2.75, 3.05) is 6.54 Å². The first-order chi connectivity index (χ1) is 19.5. The van der Waals surface area contributed by atoms with Crippen LogP contribution >= 0.6 is 0 Å². The number of carbonyl (C=O) groups is 5. The van der Waals surface area contributed by atoms with Crippen molar-refractivity contribution in [1.82, 2.24) is 25.8 Å². The van der Waals surface area contributed by atoms with Crippen molar-refractivity contribution in [3.63, 3.8) is 0 Å². The molecular formula is C31H44N6O5. The lowest BCUT2D eigenvalue weighted by Crippen LogP contribution is -2.59. The minimum Gasteiger partial charge on any atom is -0.363 e. The molecule has 1 aromatic heterocycles. The van der Waals surface area contributed by atoms with Crippen LogP contribution in [0.5, 0.6) is 0 Å². The van der Waals surface area contributed by atoms with Crippen molar-refractivity contribution in [1.29, 1.82) is 0 Å². The van der Waals surface area contributed by atoms with E-state index in [2.05, 4.69) is 20.9 Å². The minimum absolute atomic E-state index is 0.0245. The van der Waals surface area contributed by atoms with Crippen LogP contribution in [0.4, 0.5) is 4.79 Å². The molecule has 2 aromatic rings. The fourth-order valence-corrected chi connectivity index (χ4v) is 4.84. The molecule has 5 amide bonds. The highest BCUT2D eigenvalue weighted by atomic mass is 16.2. The zero-order valence-electron chi connectivity index (χ0n) is 25.5. The Labute approximate surface area is 247 Å². The SMILES string of the molecule is CC(C)(C)NC(=O)N[C@H](C(=O)N(CC(=O)NC(CC1CCC1)C(=O)C(N)=O)Cc1cc2ccccc2cn1)C(C)(C)C. The number of benzene rings is 1. The van der Waals surface area contributed by atoms with E-state index in [1.165, 1.54) is 4.90 Å². The molecule has 1 saturated carbocycles. The first-order valence-electron chi connectivity index (χ1n) is 14.4. The Morgan fingerprint density at radius 2 is 1.64 bits per heavy atom. The molecule has 1 heterocycles. The Kier molecular flexibility index (Phi) is 10.3. The normalized spacial score (nSPS) is 15.2. The number of hydrogen-bond donors (Lipinski definition) is 4. The number of ketones is 1. The van der Waals surface area contributed by atoms with Gasteiger partial charge in [0.2, 0.25) is 17.6 Å². The van der Waals surface area contributed by atoms with Crippen LogP contribution in [0.3, 0.4) is 0 Å². The van der Waals surface area contributed by atoms with Gasteiger partial charge in [-0.1, -0.05) is 64.3 Å². The quantitative estimate of drug-likeness (QED) is 0.299. The van der Waals surface area contributed by atoms with Gasteiger partial charge >= 0.3 is 6.03 Å². The summed E-state index contributed by atoms with van der Waals surface area (Å²) in [4.78, 5) is 70.3. The van der Waals surface area contributed by atoms with Crippen molar-refractivity contribution in [3.05, 3.63) is 42.2 Å². The molecule has 2 atom stereocenters. The summed E-state index contributed by atoms with van der Waals surface area (Å²) in [5.41, 5.74) is 4.56. The fraction of sp³-hybridized carbons (Fsp3) is 0.548. The third kappa shape index (κ3) is 9.25. The third-order valence-electron chi connectivity index (χ3n) is 7.25. The first kappa shape index (κ1) is 32.5. The topological polar surface area (TPSA) is 164 Å². The predicted molar refractivity (Wildman–Crippen MR) is 160 cm³/mol. The molecule has 0 saturated heterocycles. The van der Waals surface area contributed by atoms with Crippen molar-refractivity contribution in [3.8, 4) is 0 Å². The first-order valence-corrected chi connectivity index (χ1v) is 14.4. The molecule has 42 heavy (non-hydrogen) atoms. The van der Waals surface area contributed by atoms with Crippen molar-refractivity contribution < 1.29 is 24.0 Å². The molecule has 1 aromatic carbocycles. The Bertz CT molecular complexity index is 1330. The van der Waals surface area contributed by atoms with E-state index in [4.69, 9.17) is 5.73 Å². The molecule has 0 spiro atoms. The summed E-state index contributed by atoms with van der Waals surface area (Å²) in [5, 5.41) is 10.1. The number of hydrogen-bond acceptors (Lipinski definition) is 6. The zero-order chi connectivity index (χ0) is 31.2. The number of rotatable bonds is 11. The Morgan fingerprint density at radius 1 is 1.00 bits per heavy atom. The van der Waals surface area contributed by atoms with Gasteiger partial charge in [-0.05, 0) is 50.0 Å². The molecule has 5 N–H and O–H groups in total. The molecule has 228 valence electrons. The number of nitrogens with one attached hydrogen (secondary N) is 3. The Morgan fingerprint density at radius 3 is 2.19 bits per heavy atom. The maximum Gasteiger partial charge on any atom is 0.315 e. The Balaban J connectivity index is 1.89. The van der Waals surface area contributed by atoms with Gasteiger partial charge in [0.1, 0.15) is 12.6 Å². The van der Waals surface area contributed by atoms with Gasteiger partial charge < -0.3 is 26.6 Å². The number of carbonyl (C=O) groups excluding carboxylic acids is 5. The number of amides is 5. The zero-order valence-corrected chi connectivity index (χ0v) is 25.5. The van der Waals surface area contributed by atoms with Crippen molar-refractivity contribution in [2.45, 2.75) is 91.4 Å². The molecule has 1 aliphatic carbocycles. The molecule has 1 aliphatic rings. The summed E-state index contributed by atoms with van der Waals surface area (Å²) in [6, 6.07) is 6.92. The van der Waals surface area contributed by atoms with Gasteiger partial charge in [0.25, 0.3) is 5.91 Å². The number of urea groups is 1. The maximum atomic E-state index is 14.1. The van der Waals surface area contributed by atoms with Crippen LogP contribution in [0.1, 0.15) is 72.9 Å². The second kappa shape index (κ2) is 13.3. The van der Waals surface area contributed by atoms with Gasteiger partial charge in [0.15, 0.2) is 0 Å². The molecule has 0 bridgehead atoms. The van der Waals surface area contributed by atoms with Crippen LogP contribution in [0.15, 0.2) is 36.5 Å². The fourth-order valence-electron chi connectivity index (χ4n) is 4.84. The van der Waals surface area contributed by atoms with E-state index in [0.29, 0.717) is 12.1 Å². The van der Waals surface area contributed by atoms with Gasteiger partial charge in [-0.2, -0.15) is 0 Å². The van der Waals surface area contributed by atoms with E-state index >= 15 is 0 Å². The monoisotopic (exact) mass is 580 g/mol. The Hall–Kier alpha value is -4.02. The van der Waals surface area contributed by atoms with E-state index in [9.17, 15) is 24.0 Å². The number of fused-ring (bicyclic) bond motifs is 1. The number of Topliss-reactive ketones (excluding diaryl/α,β-unsaturated/α-hetero) is 1. The van der Waals surface area contributed by atoms with Crippen molar-refractivity contribution >= 4 is 40.3 Å². The lowest BCUT2D eigenvalue weighted by atomic mass is 9.80. The minimum atomic E-state index is -1.12. The highest BCUT2D eigenvalue weighted by Gasteiger charge is 2.38. The highest BCUT2D eigenvalue weighted by molar-refractivity contribution is 6.37. The standard InChI is InChI=1S/C31H44N6O5/c1-30(2,3)26(35-29(42)36-31(4,5)6)28(41)37(17-22-15-20-12-7-8-13-21(20)16-33-22)18-24(38)34-23(25(39)27(32)40)14-19-10-9-11-19/h7-8,12-13,15-16,19,23,26H,9-11,14,17-18H2,1-6H3,(H2,32,40)(H,34,38)(H2,35,36,42)/t23?,26-/m1/s1. The molecule has 0 radical (unpaired) electrons. The average molecular weight is 581 g/mol. The number of nitrogens with two attached hydrogens (primary N) is 1. The van der Waals surface area contributed by atoms with Crippen molar-refractivity contribution in [2.24, 2.45) is 17.1 Å². The predicted octanol–water partition coefficient (Wildman–Crippen LogP) is 2.81. The average Bonchev–Trinajstić information content (AvgIpc) is 2.85. The number of aromatic nitrogens is 1. The van der Waals surface area contributed by atoms with Crippen LogP contribution in [-0.2, 0) is 25.7 Å². The number of pyridine rings is 1. The summed E-state index contributed by atoms with van der Waals surface area (Å²) < 4.78 is 0. The molecule has 11 heteroatoms. The number of nitrogens with zero attached hydrogens (tertiary/aromatic N) is 2. The summed E-state index contributed by atoms with van der Waals surface area (Å²) in [6.07, 6.45) is 4.86. The van der Waals surface area contributed by atoms with Gasteiger partial charge in [-0.25, -0.2) is 4.79 Å². The summed E-state index contributed by atoms with van der Waals surface area (Å²) in [5.74, 6) is -2.87. The van der Waals surface area contributed by atoms with Gasteiger partial charge in [-0.15, -0.1) is 0 Å². The van der Waals surface area contributed by atoms with E-state index in [1.807, 2.05) is 71.9 Å². The molecule has 1 fully saturated rings. The number of primary amides is 1. The van der Waals surface area contributed by atoms with E-state index in [0.717, 1.165) is 30.0 Å². The second-order valence-electron chi connectivity index (χ2n) is 13.2. The van der Waals surface area contributed by atoms with E-state index < -0.39 is 59.1 Å². The van der Waals surface area contributed by atoms with Crippen LogP contribution in [0, 0.1) is 11.3 Å². The van der Waals surface area contributed by atoms with Crippen LogP contribution < -0.4 is 21.7 Å². The van der Waals surface area contributed by atoms with E-state index in [1.54, 1.807) is 6.20 Å². The summed E-state index contributed by atoms with van der Waals surface area (Å²) in [6.45, 7) is 10.5. The third-order valence-corrected chi connectivity index (χ3v) is 7.25. The van der Waals surface area contributed by atoms with E-state index in [-0.39, 0.29) is 12.5 Å². The van der Waals surface area contributed by atoms with Crippen LogP contribution in [-0.4, -0.2) is 63.6 Å². The van der Waals surface area contributed by atoms with Crippen LogP contribution in [0.25, 0.3) is 10.8 Å². The summed E-state index contributed by atoms with van der Waals surface area (Å²) >= 11 is 0. The van der Waals surface area contributed by atoms with Gasteiger partial charge in [0, 0.05) is 17.1 Å². The smallest absolute Gasteiger partial charge is 0.315 e. The maximum absolute atomic E-state index is 14.1. The lowest BCUT2D eigenvalue weighted by molar-refractivity contribution is -0.142. The van der Waals surface area contributed by atoms with Crippen LogP contribution in [0.2, 0.25) is 0 Å². The molecular weight excluding hydrogens is 536 g/mol. The molecule has 1 unspecified atom stereocenters. The second-order valence-corrected chi connectivity index (χ2v) is 13.2. The molecule has 0 aliphatic heterocycles. The lowest BCUT2D eigenvalue weighted by Gasteiger charge is -2.36. The highest BCUT2D eigenvalue weighted by Crippen LogP contribution is 2.30. The molecule has 3 rings (SSSR count). The molecule has 11 nitrogen and oxygen atoms in total. The largest absolute Gasteiger partial charge is 0.363 e. The van der Waals surface area contributed by atoms with Gasteiger partial charge in [-0.3, -0.25) is 24.2 Å².